The number of rotatable bonds is 3. The maximum absolute atomic E-state index is 13.1. The predicted octanol–water partition coefficient (Wildman–Crippen LogP) is 2.87. The third-order valence-corrected chi connectivity index (χ3v) is 7.27. The molecule has 2 heterocycles. The van der Waals surface area contributed by atoms with Crippen LogP contribution in [0.5, 0.6) is 0 Å². The van der Waals surface area contributed by atoms with Crippen molar-refractivity contribution in [3.8, 4) is 0 Å². The van der Waals surface area contributed by atoms with Crippen LogP contribution in [0.25, 0.3) is 43.1 Å². The number of carbonyl (C=O) groups excluding carboxylic acids is 4. The van der Waals surface area contributed by atoms with Gasteiger partial charge >= 0.3 is 0 Å². The molecule has 0 saturated carbocycles. The van der Waals surface area contributed by atoms with Gasteiger partial charge in [0.25, 0.3) is 23.6 Å². The number of aliphatic hydroxyl groups is 2. The van der Waals surface area contributed by atoms with Gasteiger partial charge in [-0.25, -0.2) is 0 Å². The summed E-state index contributed by atoms with van der Waals surface area (Å²) in [5, 5.41) is 24.8. The Labute approximate surface area is 259 Å². The molecule has 0 aliphatic carbocycles. The second-order valence-electron chi connectivity index (χ2n) is 8.81. The molecule has 0 aromatic heterocycles. The summed E-state index contributed by atoms with van der Waals surface area (Å²) in [5.41, 5.74) is 1.47. The number of carbonyl (C=O) groups is 4. The van der Waals surface area contributed by atoms with Crippen molar-refractivity contribution < 1.29 is 94.8 Å². The maximum Gasteiger partial charge on any atom is 0.263 e. The summed E-state index contributed by atoms with van der Waals surface area (Å²) in [6.07, 6.45) is 0. The second-order valence-corrected chi connectivity index (χ2v) is 8.81. The molecule has 37 heavy (non-hydrogen) atoms. The van der Waals surface area contributed by atoms with Gasteiger partial charge in [-0.3, -0.25) is 29.0 Å². The van der Waals surface area contributed by atoms with Crippen molar-refractivity contribution in [2.75, 3.05) is 19.9 Å². The zero-order valence-electron chi connectivity index (χ0n) is 19.3. The van der Waals surface area contributed by atoms with Crippen LogP contribution in [-0.4, -0.2) is 63.5 Å². The summed E-state index contributed by atoms with van der Waals surface area (Å²) < 4.78 is 0. The van der Waals surface area contributed by atoms with E-state index in [0.29, 0.717) is 33.0 Å². The molecule has 0 unspecified atom stereocenters. The molecule has 2 aliphatic heterocycles. The normalized spacial score (nSPS) is 14.8. The van der Waals surface area contributed by atoms with Crippen LogP contribution in [0.3, 0.4) is 0 Å². The minimum atomic E-state index is -0.703. The molecule has 0 saturated heterocycles. The van der Waals surface area contributed by atoms with Crippen molar-refractivity contribution in [2.45, 2.75) is 0 Å². The van der Waals surface area contributed by atoms with Crippen molar-refractivity contribution in [3.63, 3.8) is 0 Å². The van der Waals surface area contributed by atoms with Crippen LogP contribution in [0.4, 0.5) is 0 Å². The van der Waals surface area contributed by atoms with E-state index in [9.17, 15) is 29.4 Å². The molecule has 0 bridgehead atoms. The average molecular weight is 642 g/mol. The van der Waals surface area contributed by atoms with Gasteiger partial charge in [0.2, 0.25) is 0 Å². The van der Waals surface area contributed by atoms with Gasteiger partial charge in [0.05, 0.1) is 13.2 Å². The van der Waals surface area contributed by atoms with E-state index in [1.54, 1.807) is 24.3 Å². The maximum atomic E-state index is 13.1. The smallest absolute Gasteiger partial charge is 0.263 e. The predicted molar refractivity (Wildman–Crippen MR) is 128 cm³/mol. The summed E-state index contributed by atoms with van der Waals surface area (Å²) in [7, 11) is 0. The first-order valence-electron chi connectivity index (χ1n) is 11.1. The summed E-state index contributed by atoms with van der Waals surface area (Å²) in [4.78, 5) is 54.0. The van der Waals surface area contributed by atoms with Crippen LogP contribution < -0.4 is 0 Å². The summed E-state index contributed by atoms with van der Waals surface area (Å²) >= 11 is 0. The Morgan fingerprint density at radius 2 is 0.811 bits per heavy atom. The van der Waals surface area contributed by atoms with Crippen molar-refractivity contribution in [1.82, 2.24) is 9.80 Å². The second kappa shape index (κ2) is 9.22. The number of hydrogen-bond donors (Lipinski definition) is 2. The SMILES string of the molecule is O=C1c2ccc3c4ccc5c6c(ccc(c7ccc(c2c37)C(=O)N1CO)c64)C(=O)N(CCO)C5=O.[Y].[Y]. The van der Waals surface area contributed by atoms with Gasteiger partial charge in [0.1, 0.15) is 6.73 Å². The fourth-order valence-corrected chi connectivity index (χ4v) is 5.80. The number of β-amino-alcohol motifs (C(OH)–C–C–N with tert-alkyl or cyclic N) is 1. The van der Waals surface area contributed by atoms with E-state index in [-0.39, 0.29) is 78.6 Å². The van der Waals surface area contributed by atoms with Crippen molar-refractivity contribution in [2.24, 2.45) is 0 Å². The van der Waals surface area contributed by atoms with Crippen LogP contribution in [0.2, 0.25) is 0 Å². The fraction of sp³-hybridized carbons (Fsp3) is 0.111. The number of fused-ring (bicyclic) bond motifs is 2. The van der Waals surface area contributed by atoms with Gasteiger partial charge in [-0.05, 0) is 56.6 Å². The number of benzene rings is 5. The molecule has 5 aromatic carbocycles. The van der Waals surface area contributed by atoms with E-state index in [4.69, 9.17) is 0 Å². The van der Waals surface area contributed by atoms with E-state index in [1.165, 1.54) is 0 Å². The first-order valence-corrected chi connectivity index (χ1v) is 11.1. The van der Waals surface area contributed by atoms with Crippen LogP contribution in [0, 0.1) is 0 Å². The topological polar surface area (TPSA) is 115 Å². The number of hydrogen-bond acceptors (Lipinski definition) is 6. The molecule has 7 rings (SSSR count). The van der Waals surface area contributed by atoms with Crippen molar-refractivity contribution >= 4 is 66.7 Å². The quantitative estimate of drug-likeness (QED) is 0.178. The zero-order chi connectivity index (χ0) is 24.2. The third-order valence-electron chi connectivity index (χ3n) is 7.27. The van der Waals surface area contributed by atoms with E-state index >= 15 is 0 Å². The molecular weight excluding hydrogens is 626 g/mol. The van der Waals surface area contributed by atoms with Crippen LogP contribution in [0.1, 0.15) is 41.4 Å². The standard InChI is InChI=1S/C27H16N2O6.2Y/c30-10-9-28-24(32)16-5-1-12-14-3-7-18-23-19(27(35)29(11-31)26(18)34)8-4-15(21(14)23)13-2-6-17(25(28)33)22(16)20(12)13;;/h1-8,30-31H,9-11H2;;. The Morgan fingerprint density at radius 3 is 1.11 bits per heavy atom. The molecule has 8 nitrogen and oxygen atoms in total. The minimum absolute atomic E-state index is 0. The molecule has 0 spiro atoms. The van der Waals surface area contributed by atoms with Gasteiger partial charge < -0.3 is 10.2 Å². The number of aliphatic hydroxyl groups excluding tert-OH is 2. The number of nitrogens with zero attached hydrogens (tertiary/aromatic N) is 2. The summed E-state index contributed by atoms with van der Waals surface area (Å²) in [6, 6.07) is 14.0. The van der Waals surface area contributed by atoms with E-state index in [2.05, 4.69) is 0 Å². The Bertz CT molecular complexity index is 1730. The zero-order valence-corrected chi connectivity index (χ0v) is 25.0. The molecule has 176 valence electrons. The van der Waals surface area contributed by atoms with Gasteiger partial charge in [0, 0.05) is 98.4 Å². The number of amides is 4. The van der Waals surface area contributed by atoms with E-state index in [0.717, 1.165) is 42.1 Å². The Hall–Kier alpha value is -2.19. The van der Waals surface area contributed by atoms with Gasteiger partial charge in [-0.2, -0.15) is 0 Å². The molecule has 0 fully saturated rings. The summed E-state index contributed by atoms with van der Waals surface area (Å²) in [6.45, 7) is -1.11. The summed E-state index contributed by atoms with van der Waals surface area (Å²) in [5.74, 6) is -2.00. The van der Waals surface area contributed by atoms with Gasteiger partial charge in [-0.1, -0.05) is 24.3 Å². The first kappa shape index (κ1) is 26.4. The van der Waals surface area contributed by atoms with Gasteiger partial charge in [0.15, 0.2) is 0 Å². The molecule has 10 heteroatoms. The first-order chi connectivity index (χ1) is 17.0. The molecule has 0 atom stereocenters. The Balaban J connectivity index is 0.00000140. The largest absolute Gasteiger partial charge is 0.395 e. The molecule has 4 amide bonds. The number of imide groups is 2. The fourth-order valence-electron chi connectivity index (χ4n) is 5.80. The molecule has 2 N–H and O–H groups in total. The molecule has 2 aliphatic rings. The molecule has 2 radical (unpaired) electrons. The van der Waals surface area contributed by atoms with Crippen LogP contribution in [-0.2, 0) is 65.4 Å². The van der Waals surface area contributed by atoms with Crippen LogP contribution >= 0.6 is 0 Å². The van der Waals surface area contributed by atoms with Crippen LogP contribution in [0.15, 0.2) is 48.5 Å². The average Bonchev–Trinajstić information content (AvgIpc) is 2.87. The minimum Gasteiger partial charge on any atom is -0.395 e. The molecule has 5 aromatic rings. The van der Waals surface area contributed by atoms with Crippen molar-refractivity contribution in [3.05, 3.63) is 70.8 Å². The van der Waals surface area contributed by atoms with Gasteiger partial charge in [-0.15, -0.1) is 0 Å². The Morgan fingerprint density at radius 1 is 0.486 bits per heavy atom. The van der Waals surface area contributed by atoms with E-state index in [1.807, 2.05) is 24.3 Å². The molecular formula is C27H16N2O6Y2. The Kier molecular flexibility index (Phi) is 6.59. The monoisotopic (exact) mass is 642 g/mol. The third kappa shape index (κ3) is 3.24. The van der Waals surface area contributed by atoms with Crippen molar-refractivity contribution in [1.29, 1.82) is 0 Å². The van der Waals surface area contributed by atoms with E-state index < -0.39 is 30.4 Å².